The van der Waals surface area contributed by atoms with Gasteiger partial charge in [0.25, 0.3) is 5.91 Å². The second-order valence-electron chi connectivity index (χ2n) is 9.44. The van der Waals surface area contributed by atoms with E-state index >= 15 is 0 Å². The third-order valence-corrected chi connectivity index (χ3v) is 6.99. The number of ether oxygens (including phenoxy) is 1. The summed E-state index contributed by atoms with van der Waals surface area (Å²) >= 11 is 0. The molecular formula is C27H35FN4O3. The van der Waals surface area contributed by atoms with Gasteiger partial charge in [-0.2, -0.15) is 0 Å². The maximum Gasteiger partial charge on any atom is 0.254 e. The second-order valence-corrected chi connectivity index (χ2v) is 9.44. The van der Waals surface area contributed by atoms with Gasteiger partial charge in [-0.1, -0.05) is 24.3 Å². The molecule has 0 spiro atoms. The van der Waals surface area contributed by atoms with Crippen molar-refractivity contribution < 1.29 is 18.7 Å². The van der Waals surface area contributed by atoms with Gasteiger partial charge in [0, 0.05) is 50.9 Å². The van der Waals surface area contributed by atoms with Crippen LogP contribution in [0, 0.1) is 12.7 Å². The standard InChI is InChI=1S/C27H35FN4O3/c1-19-5-2-3-6-21(19)16-31(18-24-7-4-14-35-24)23-15-25(26(33)30-13-12-29)32(17-23)27(34)20-8-10-22(28)11-9-20/h2-3,5-6,8-11,23-25H,4,7,12-18,29H2,1H3,(H,30,33). The number of amides is 2. The van der Waals surface area contributed by atoms with Gasteiger partial charge < -0.3 is 20.7 Å². The highest BCUT2D eigenvalue weighted by Gasteiger charge is 2.42. The molecule has 8 heteroatoms. The molecule has 3 unspecified atom stereocenters. The predicted octanol–water partition coefficient (Wildman–Crippen LogP) is 2.47. The van der Waals surface area contributed by atoms with Crippen LogP contribution in [0.1, 0.15) is 40.7 Å². The number of hydrogen-bond acceptors (Lipinski definition) is 5. The summed E-state index contributed by atoms with van der Waals surface area (Å²) in [5.41, 5.74) is 8.39. The summed E-state index contributed by atoms with van der Waals surface area (Å²) in [6.07, 6.45) is 2.72. The molecule has 2 aliphatic rings. The topological polar surface area (TPSA) is 87.9 Å². The highest BCUT2D eigenvalue weighted by atomic mass is 19.1. The number of aryl methyl sites for hydroxylation is 1. The van der Waals surface area contributed by atoms with E-state index in [9.17, 15) is 14.0 Å². The lowest BCUT2D eigenvalue weighted by Gasteiger charge is -2.31. The highest BCUT2D eigenvalue weighted by molar-refractivity contribution is 5.98. The molecule has 2 saturated heterocycles. The number of carbonyl (C=O) groups is 2. The van der Waals surface area contributed by atoms with Gasteiger partial charge in [-0.3, -0.25) is 14.5 Å². The number of likely N-dealkylation sites (tertiary alicyclic amines) is 1. The predicted molar refractivity (Wildman–Crippen MR) is 132 cm³/mol. The van der Waals surface area contributed by atoms with E-state index in [1.807, 2.05) is 12.1 Å². The molecule has 0 aliphatic carbocycles. The molecule has 3 N–H and O–H groups in total. The first kappa shape index (κ1) is 25.3. The Kier molecular flexibility index (Phi) is 8.49. The second kappa shape index (κ2) is 11.7. The van der Waals surface area contributed by atoms with Crippen LogP contribution in [0.2, 0.25) is 0 Å². The van der Waals surface area contributed by atoms with Crippen LogP contribution in [-0.2, 0) is 16.1 Å². The van der Waals surface area contributed by atoms with Gasteiger partial charge in [-0.15, -0.1) is 0 Å². The molecule has 2 aromatic carbocycles. The fraction of sp³-hybridized carbons (Fsp3) is 0.481. The molecule has 35 heavy (non-hydrogen) atoms. The molecule has 0 saturated carbocycles. The molecule has 2 aromatic rings. The Bertz CT molecular complexity index is 1010. The fourth-order valence-corrected chi connectivity index (χ4v) is 5.02. The Morgan fingerprint density at radius 3 is 2.66 bits per heavy atom. The van der Waals surface area contributed by atoms with E-state index in [-0.39, 0.29) is 24.0 Å². The van der Waals surface area contributed by atoms with Crippen LogP contribution >= 0.6 is 0 Å². The van der Waals surface area contributed by atoms with Gasteiger partial charge in [-0.25, -0.2) is 4.39 Å². The third kappa shape index (κ3) is 6.25. The number of nitrogens with two attached hydrogens (primary N) is 1. The summed E-state index contributed by atoms with van der Waals surface area (Å²) in [4.78, 5) is 30.5. The lowest BCUT2D eigenvalue weighted by molar-refractivity contribution is -0.124. The first-order valence-corrected chi connectivity index (χ1v) is 12.4. The maximum absolute atomic E-state index is 13.5. The number of nitrogens with one attached hydrogen (secondary N) is 1. The first-order chi connectivity index (χ1) is 17.0. The van der Waals surface area contributed by atoms with Crippen LogP contribution in [0.3, 0.4) is 0 Å². The lowest BCUT2D eigenvalue weighted by Crippen LogP contribution is -2.47. The van der Waals surface area contributed by atoms with E-state index < -0.39 is 11.9 Å². The van der Waals surface area contributed by atoms with Crippen molar-refractivity contribution in [3.63, 3.8) is 0 Å². The summed E-state index contributed by atoms with van der Waals surface area (Å²) in [5, 5.41) is 2.85. The van der Waals surface area contributed by atoms with Crippen LogP contribution in [0.5, 0.6) is 0 Å². The number of benzene rings is 2. The molecule has 3 atom stereocenters. The van der Waals surface area contributed by atoms with E-state index in [2.05, 4.69) is 29.3 Å². The molecular weight excluding hydrogens is 447 g/mol. The first-order valence-electron chi connectivity index (χ1n) is 12.4. The number of halogens is 1. The van der Waals surface area contributed by atoms with E-state index in [4.69, 9.17) is 10.5 Å². The molecule has 0 aromatic heterocycles. The van der Waals surface area contributed by atoms with E-state index in [0.717, 1.165) is 26.0 Å². The molecule has 7 nitrogen and oxygen atoms in total. The molecule has 2 heterocycles. The quantitative estimate of drug-likeness (QED) is 0.573. The van der Waals surface area contributed by atoms with Crippen molar-refractivity contribution in [1.82, 2.24) is 15.1 Å². The normalized spacial score (nSPS) is 22.1. The van der Waals surface area contributed by atoms with Gasteiger partial charge in [0.1, 0.15) is 11.9 Å². The minimum Gasteiger partial charge on any atom is -0.377 e. The highest BCUT2D eigenvalue weighted by Crippen LogP contribution is 2.28. The van der Waals surface area contributed by atoms with Gasteiger partial charge >= 0.3 is 0 Å². The minimum absolute atomic E-state index is 0.0168. The minimum atomic E-state index is -0.618. The maximum atomic E-state index is 13.5. The summed E-state index contributed by atoms with van der Waals surface area (Å²) in [5.74, 6) is -0.881. The average molecular weight is 483 g/mol. The molecule has 2 amide bonds. The monoisotopic (exact) mass is 482 g/mol. The molecule has 0 radical (unpaired) electrons. The van der Waals surface area contributed by atoms with Gasteiger partial charge in [0.15, 0.2) is 0 Å². The smallest absolute Gasteiger partial charge is 0.254 e. The van der Waals surface area contributed by atoms with Crippen molar-refractivity contribution in [3.05, 3.63) is 71.0 Å². The van der Waals surface area contributed by atoms with Crippen molar-refractivity contribution in [1.29, 1.82) is 0 Å². The molecule has 2 aliphatic heterocycles. The number of rotatable bonds is 9. The molecule has 188 valence electrons. The summed E-state index contributed by atoms with van der Waals surface area (Å²) < 4.78 is 19.4. The van der Waals surface area contributed by atoms with Crippen molar-refractivity contribution in [3.8, 4) is 0 Å². The zero-order valence-electron chi connectivity index (χ0n) is 20.3. The van der Waals surface area contributed by atoms with Crippen molar-refractivity contribution >= 4 is 11.8 Å². The van der Waals surface area contributed by atoms with Crippen LogP contribution in [-0.4, -0.2) is 72.6 Å². The van der Waals surface area contributed by atoms with Gasteiger partial charge in [0.05, 0.1) is 6.10 Å². The zero-order chi connectivity index (χ0) is 24.8. The zero-order valence-corrected chi connectivity index (χ0v) is 20.3. The molecule has 4 rings (SSSR count). The molecule has 2 fully saturated rings. The van der Waals surface area contributed by atoms with Crippen molar-refractivity contribution in [2.45, 2.75) is 50.9 Å². The summed E-state index contributed by atoms with van der Waals surface area (Å²) in [6.45, 7) is 5.42. The number of carbonyl (C=O) groups excluding carboxylic acids is 2. The number of nitrogens with zero attached hydrogens (tertiary/aromatic N) is 2. The Morgan fingerprint density at radius 1 is 1.20 bits per heavy atom. The number of hydrogen-bond donors (Lipinski definition) is 2. The average Bonchev–Trinajstić information content (AvgIpc) is 3.54. The largest absolute Gasteiger partial charge is 0.377 e. The molecule has 0 bridgehead atoms. The Morgan fingerprint density at radius 2 is 1.97 bits per heavy atom. The van der Waals surface area contributed by atoms with Crippen LogP contribution < -0.4 is 11.1 Å². The summed E-state index contributed by atoms with van der Waals surface area (Å²) in [7, 11) is 0. The Balaban J connectivity index is 1.59. The van der Waals surface area contributed by atoms with E-state index in [1.54, 1.807) is 4.90 Å². The van der Waals surface area contributed by atoms with Crippen molar-refractivity contribution in [2.24, 2.45) is 5.73 Å². The van der Waals surface area contributed by atoms with Crippen LogP contribution in [0.15, 0.2) is 48.5 Å². The van der Waals surface area contributed by atoms with Gasteiger partial charge in [-0.05, 0) is 61.6 Å². The summed E-state index contributed by atoms with van der Waals surface area (Å²) in [6, 6.07) is 13.1. The lowest BCUT2D eigenvalue weighted by atomic mass is 10.0. The Labute approximate surface area is 206 Å². The van der Waals surface area contributed by atoms with E-state index in [0.29, 0.717) is 38.2 Å². The van der Waals surface area contributed by atoms with Crippen molar-refractivity contribution in [2.75, 3.05) is 32.8 Å². The third-order valence-electron chi connectivity index (χ3n) is 6.99. The SMILES string of the molecule is Cc1ccccc1CN(CC1CCCO1)C1CC(C(=O)NCCN)N(C(=O)c2ccc(F)cc2)C1. The van der Waals surface area contributed by atoms with Gasteiger partial charge in [0.2, 0.25) is 5.91 Å². The fourth-order valence-electron chi connectivity index (χ4n) is 5.02. The van der Waals surface area contributed by atoms with Crippen LogP contribution in [0.25, 0.3) is 0 Å². The van der Waals surface area contributed by atoms with E-state index in [1.165, 1.54) is 35.4 Å². The Hall–Kier alpha value is -2.81. The van der Waals surface area contributed by atoms with Crippen LogP contribution in [0.4, 0.5) is 4.39 Å².